The van der Waals surface area contributed by atoms with Crippen LogP contribution < -0.4 is 5.32 Å². The molecule has 0 radical (unpaired) electrons. The molecule has 3 rings (SSSR count). The van der Waals surface area contributed by atoms with Crippen LogP contribution in [0.15, 0.2) is 42.5 Å². The number of nitrogens with zero attached hydrogens (tertiary/aromatic N) is 1. The SMILES string of the molecule is CCc1ccc(CC)c(CNC(=O)[C@@H]2CCCN(Cc3ccccc3Cl)C2)c1. The Bertz CT molecular complexity index is 805. The third-order valence-corrected chi connectivity index (χ3v) is 6.11. The molecule has 1 fully saturated rings. The van der Waals surface area contributed by atoms with Crippen molar-refractivity contribution >= 4 is 17.5 Å². The van der Waals surface area contributed by atoms with Gasteiger partial charge in [-0.2, -0.15) is 0 Å². The Kier molecular flexibility index (Phi) is 7.52. The highest BCUT2D eigenvalue weighted by Gasteiger charge is 2.26. The number of carbonyl (C=O) groups is 1. The Balaban J connectivity index is 1.58. The Morgan fingerprint density at radius 2 is 1.93 bits per heavy atom. The largest absolute Gasteiger partial charge is 0.352 e. The minimum atomic E-state index is 0.0515. The molecule has 4 heteroatoms. The average Bonchev–Trinajstić information content (AvgIpc) is 2.73. The molecule has 2 aromatic rings. The summed E-state index contributed by atoms with van der Waals surface area (Å²) in [4.78, 5) is 15.2. The van der Waals surface area contributed by atoms with Gasteiger partial charge < -0.3 is 5.32 Å². The zero-order valence-corrected chi connectivity index (χ0v) is 17.8. The monoisotopic (exact) mass is 398 g/mol. The maximum Gasteiger partial charge on any atom is 0.224 e. The fourth-order valence-corrected chi connectivity index (χ4v) is 4.21. The molecule has 28 heavy (non-hydrogen) atoms. The van der Waals surface area contributed by atoms with Gasteiger partial charge in [0.05, 0.1) is 5.92 Å². The van der Waals surface area contributed by atoms with E-state index in [1.54, 1.807) is 0 Å². The highest BCUT2D eigenvalue weighted by Crippen LogP contribution is 2.22. The van der Waals surface area contributed by atoms with Crippen LogP contribution in [0.2, 0.25) is 5.02 Å². The molecule has 1 aliphatic rings. The van der Waals surface area contributed by atoms with Gasteiger partial charge in [-0.1, -0.05) is 61.8 Å². The Morgan fingerprint density at radius 1 is 1.11 bits per heavy atom. The molecular weight excluding hydrogens is 368 g/mol. The zero-order valence-electron chi connectivity index (χ0n) is 17.0. The molecule has 1 N–H and O–H groups in total. The Hall–Kier alpha value is -1.84. The standard InChI is InChI=1S/C24H31ClN2O/c1-3-18-11-12-19(4-2)22(14-18)15-26-24(28)21-9-7-13-27(17-21)16-20-8-5-6-10-23(20)25/h5-6,8,10-12,14,21H,3-4,7,9,13,15-17H2,1-2H3,(H,26,28)/t21-/m1/s1. The third-order valence-electron chi connectivity index (χ3n) is 5.74. The van der Waals surface area contributed by atoms with Crippen LogP contribution in [0.1, 0.15) is 48.9 Å². The highest BCUT2D eigenvalue weighted by molar-refractivity contribution is 6.31. The van der Waals surface area contributed by atoms with Crippen LogP contribution >= 0.6 is 11.6 Å². The topological polar surface area (TPSA) is 32.3 Å². The number of piperidine rings is 1. The van der Waals surface area contributed by atoms with Crippen molar-refractivity contribution < 1.29 is 4.79 Å². The number of aryl methyl sites for hydroxylation is 2. The first kappa shape index (κ1) is 20.9. The number of halogens is 1. The molecule has 0 aromatic heterocycles. The molecular formula is C24H31ClN2O. The van der Waals surface area contributed by atoms with Crippen molar-refractivity contribution in [2.24, 2.45) is 5.92 Å². The second-order valence-electron chi connectivity index (χ2n) is 7.69. The van der Waals surface area contributed by atoms with Gasteiger partial charge in [0.1, 0.15) is 0 Å². The summed E-state index contributed by atoms with van der Waals surface area (Å²) in [6.45, 7) is 7.58. The van der Waals surface area contributed by atoms with E-state index in [-0.39, 0.29) is 11.8 Å². The summed E-state index contributed by atoms with van der Waals surface area (Å²) in [5.74, 6) is 0.225. The van der Waals surface area contributed by atoms with E-state index in [0.717, 1.165) is 55.9 Å². The fraction of sp³-hybridized carbons (Fsp3) is 0.458. The molecule has 1 atom stereocenters. The van der Waals surface area contributed by atoms with E-state index in [1.165, 1.54) is 16.7 Å². The molecule has 1 amide bonds. The summed E-state index contributed by atoms with van der Waals surface area (Å²) in [5, 5.41) is 4.00. The quantitative estimate of drug-likeness (QED) is 0.712. The van der Waals surface area contributed by atoms with Crippen molar-refractivity contribution in [1.29, 1.82) is 0 Å². The summed E-state index contributed by atoms with van der Waals surface area (Å²) < 4.78 is 0. The van der Waals surface area contributed by atoms with Gasteiger partial charge in [-0.25, -0.2) is 0 Å². The lowest BCUT2D eigenvalue weighted by Gasteiger charge is -2.32. The van der Waals surface area contributed by atoms with Gasteiger partial charge in [0, 0.05) is 24.7 Å². The molecule has 1 heterocycles. The number of rotatable bonds is 7. The van der Waals surface area contributed by atoms with Crippen LogP contribution in [0.3, 0.4) is 0 Å². The molecule has 0 saturated carbocycles. The van der Waals surface area contributed by atoms with Gasteiger partial charge in [0.25, 0.3) is 0 Å². The summed E-state index contributed by atoms with van der Waals surface area (Å²) >= 11 is 6.31. The molecule has 3 nitrogen and oxygen atoms in total. The number of carbonyl (C=O) groups excluding carboxylic acids is 1. The van der Waals surface area contributed by atoms with Crippen LogP contribution in [0.25, 0.3) is 0 Å². The van der Waals surface area contributed by atoms with E-state index in [9.17, 15) is 4.79 Å². The van der Waals surface area contributed by atoms with Gasteiger partial charge in [-0.15, -0.1) is 0 Å². The van der Waals surface area contributed by atoms with Crippen molar-refractivity contribution in [1.82, 2.24) is 10.2 Å². The summed E-state index contributed by atoms with van der Waals surface area (Å²) in [7, 11) is 0. The lowest BCUT2D eigenvalue weighted by Crippen LogP contribution is -2.42. The normalized spacial score (nSPS) is 17.5. The third kappa shape index (κ3) is 5.36. The first-order valence-electron chi connectivity index (χ1n) is 10.4. The Labute approximate surface area is 174 Å². The summed E-state index contributed by atoms with van der Waals surface area (Å²) in [6.07, 6.45) is 4.02. The lowest BCUT2D eigenvalue weighted by atomic mass is 9.96. The van der Waals surface area contributed by atoms with Gasteiger partial charge in [0.2, 0.25) is 5.91 Å². The molecule has 1 saturated heterocycles. The molecule has 0 aliphatic carbocycles. The number of hydrogen-bond acceptors (Lipinski definition) is 2. The van der Waals surface area contributed by atoms with E-state index in [1.807, 2.05) is 18.2 Å². The van der Waals surface area contributed by atoms with Crippen molar-refractivity contribution in [3.8, 4) is 0 Å². The molecule has 2 aromatic carbocycles. The fourth-order valence-electron chi connectivity index (χ4n) is 4.02. The van der Waals surface area contributed by atoms with Crippen LogP contribution in [0.5, 0.6) is 0 Å². The van der Waals surface area contributed by atoms with Crippen LogP contribution in [0.4, 0.5) is 0 Å². The smallest absolute Gasteiger partial charge is 0.224 e. The molecule has 0 unspecified atom stereocenters. The van der Waals surface area contributed by atoms with Crippen LogP contribution in [-0.4, -0.2) is 23.9 Å². The maximum absolute atomic E-state index is 12.8. The van der Waals surface area contributed by atoms with E-state index < -0.39 is 0 Å². The van der Waals surface area contributed by atoms with Gasteiger partial charge in [-0.3, -0.25) is 9.69 Å². The van der Waals surface area contributed by atoms with Crippen LogP contribution in [-0.2, 0) is 30.7 Å². The van der Waals surface area contributed by atoms with Crippen molar-refractivity contribution in [3.05, 3.63) is 69.7 Å². The number of likely N-dealkylation sites (tertiary alicyclic amines) is 1. The molecule has 1 aliphatic heterocycles. The highest BCUT2D eigenvalue weighted by atomic mass is 35.5. The second-order valence-corrected chi connectivity index (χ2v) is 8.10. The van der Waals surface area contributed by atoms with E-state index >= 15 is 0 Å². The lowest BCUT2D eigenvalue weighted by molar-refractivity contribution is -0.126. The second kappa shape index (κ2) is 10.1. The van der Waals surface area contributed by atoms with Crippen molar-refractivity contribution in [3.63, 3.8) is 0 Å². The number of hydrogen-bond donors (Lipinski definition) is 1. The van der Waals surface area contributed by atoms with Gasteiger partial charge in [-0.05, 0) is 60.5 Å². The summed E-state index contributed by atoms with van der Waals surface area (Å²) in [6, 6.07) is 14.6. The van der Waals surface area contributed by atoms with Gasteiger partial charge >= 0.3 is 0 Å². The first-order valence-corrected chi connectivity index (χ1v) is 10.8. The predicted molar refractivity (Wildman–Crippen MR) is 116 cm³/mol. The van der Waals surface area contributed by atoms with E-state index in [0.29, 0.717) is 6.54 Å². The minimum Gasteiger partial charge on any atom is -0.352 e. The van der Waals surface area contributed by atoms with E-state index in [4.69, 9.17) is 11.6 Å². The van der Waals surface area contributed by atoms with Gasteiger partial charge in [0.15, 0.2) is 0 Å². The molecule has 150 valence electrons. The average molecular weight is 399 g/mol. The number of benzene rings is 2. The zero-order chi connectivity index (χ0) is 19.9. The minimum absolute atomic E-state index is 0.0515. The molecule has 0 spiro atoms. The molecule has 0 bridgehead atoms. The van der Waals surface area contributed by atoms with Crippen LogP contribution in [0, 0.1) is 5.92 Å². The van der Waals surface area contributed by atoms with Crippen molar-refractivity contribution in [2.45, 2.75) is 52.6 Å². The predicted octanol–water partition coefficient (Wildman–Crippen LogP) is 4.99. The first-order chi connectivity index (χ1) is 13.6. The Morgan fingerprint density at radius 3 is 2.68 bits per heavy atom. The number of amides is 1. The van der Waals surface area contributed by atoms with E-state index in [2.05, 4.69) is 48.3 Å². The summed E-state index contributed by atoms with van der Waals surface area (Å²) in [5.41, 5.74) is 5.03. The maximum atomic E-state index is 12.8. The number of nitrogens with one attached hydrogen (secondary N) is 1. The van der Waals surface area contributed by atoms with Crippen molar-refractivity contribution in [2.75, 3.05) is 13.1 Å².